The zero-order chi connectivity index (χ0) is 14.2. The van der Waals surface area contributed by atoms with Crippen LogP contribution >= 0.6 is 15.9 Å². The largest absolute Gasteiger partial charge is 0.349 e. The molecule has 1 aromatic rings. The van der Waals surface area contributed by atoms with E-state index >= 15 is 0 Å². The summed E-state index contributed by atoms with van der Waals surface area (Å²) < 4.78 is 14.4. The van der Waals surface area contributed by atoms with Crippen molar-refractivity contribution in [3.05, 3.63) is 34.1 Å². The molecule has 1 unspecified atom stereocenters. The molecule has 1 saturated heterocycles. The molecule has 1 aliphatic carbocycles. The Balaban J connectivity index is 1.66. The van der Waals surface area contributed by atoms with E-state index in [4.69, 9.17) is 0 Å². The van der Waals surface area contributed by atoms with Crippen molar-refractivity contribution < 1.29 is 9.18 Å². The van der Waals surface area contributed by atoms with Crippen molar-refractivity contribution in [3.63, 3.8) is 0 Å². The molecule has 1 aromatic carbocycles. The van der Waals surface area contributed by atoms with Crippen LogP contribution in [0.4, 0.5) is 4.39 Å². The quantitative estimate of drug-likeness (QED) is 0.868. The number of amides is 1. The molecule has 1 aliphatic heterocycles. The second kappa shape index (κ2) is 5.45. The van der Waals surface area contributed by atoms with Gasteiger partial charge < -0.3 is 10.6 Å². The van der Waals surface area contributed by atoms with Gasteiger partial charge in [-0.1, -0.05) is 15.9 Å². The SMILES string of the molecule is O=C(NC1CCNC2(CCC2)C1)c1ccc(Br)cc1F. The van der Waals surface area contributed by atoms with Crippen LogP contribution < -0.4 is 10.6 Å². The Kier molecular flexibility index (Phi) is 3.82. The monoisotopic (exact) mass is 340 g/mol. The summed E-state index contributed by atoms with van der Waals surface area (Å²) in [6.45, 7) is 0.924. The van der Waals surface area contributed by atoms with Gasteiger partial charge >= 0.3 is 0 Å². The second-order valence-corrected chi connectivity index (χ2v) is 6.76. The van der Waals surface area contributed by atoms with Gasteiger partial charge in [0.15, 0.2) is 0 Å². The average Bonchev–Trinajstić information content (AvgIpc) is 2.37. The molecule has 2 aliphatic rings. The van der Waals surface area contributed by atoms with Crippen LogP contribution in [0.1, 0.15) is 42.5 Å². The molecule has 0 aromatic heterocycles. The molecule has 1 atom stereocenters. The fraction of sp³-hybridized carbons (Fsp3) is 0.533. The van der Waals surface area contributed by atoms with Crippen molar-refractivity contribution in [2.45, 2.75) is 43.7 Å². The minimum Gasteiger partial charge on any atom is -0.349 e. The van der Waals surface area contributed by atoms with Gasteiger partial charge in [0.1, 0.15) is 5.82 Å². The Bertz CT molecular complexity index is 531. The fourth-order valence-electron chi connectivity index (χ4n) is 3.20. The smallest absolute Gasteiger partial charge is 0.254 e. The lowest BCUT2D eigenvalue weighted by Gasteiger charge is -2.48. The van der Waals surface area contributed by atoms with Crippen molar-refractivity contribution >= 4 is 21.8 Å². The van der Waals surface area contributed by atoms with E-state index in [-0.39, 0.29) is 23.1 Å². The summed E-state index contributed by atoms with van der Waals surface area (Å²) in [5.41, 5.74) is 0.350. The van der Waals surface area contributed by atoms with Crippen molar-refractivity contribution in [3.8, 4) is 0 Å². The summed E-state index contributed by atoms with van der Waals surface area (Å²) >= 11 is 3.20. The molecule has 1 heterocycles. The number of nitrogens with one attached hydrogen (secondary N) is 2. The van der Waals surface area contributed by atoms with E-state index in [2.05, 4.69) is 26.6 Å². The standard InChI is InChI=1S/C15H18BrFN2O/c16-10-2-3-12(13(17)8-10)14(20)19-11-4-7-18-15(9-11)5-1-6-15/h2-3,8,11,18H,1,4-7,9H2,(H,19,20). The van der Waals surface area contributed by atoms with Gasteiger partial charge in [0.05, 0.1) is 5.56 Å². The average molecular weight is 341 g/mol. The van der Waals surface area contributed by atoms with Gasteiger partial charge in [0.25, 0.3) is 5.91 Å². The summed E-state index contributed by atoms with van der Waals surface area (Å²) in [6, 6.07) is 4.68. The summed E-state index contributed by atoms with van der Waals surface area (Å²) in [6.07, 6.45) is 5.50. The van der Waals surface area contributed by atoms with E-state index in [1.54, 1.807) is 6.07 Å². The zero-order valence-electron chi connectivity index (χ0n) is 11.2. The van der Waals surface area contributed by atoms with Crippen molar-refractivity contribution in [1.29, 1.82) is 0 Å². The third-order valence-corrected chi connectivity index (χ3v) is 4.94. The first-order valence-electron chi connectivity index (χ1n) is 7.09. The van der Waals surface area contributed by atoms with Crippen molar-refractivity contribution in [1.82, 2.24) is 10.6 Å². The maximum absolute atomic E-state index is 13.8. The minimum atomic E-state index is -0.482. The molecule has 2 fully saturated rings. The number of hydrogen-bond donors (Lipinski definition) is 2. The summed E-state index contributed by atoms with van der Waals surface area (Å²) in [7, 11) is 0. The molecular formula is C15H18BrFN2O. The zero-order valence-corrected chi connectivity index (χ0v) is 12.8. The van der Waals surface area contributed by atoms with Crippen LogP contribution in [0.2, 0.25) is 0 Å². The van der Waals surface area contributed by atoms with E-state index in [0.717, 1.165) is 19.4 Å². The van der Waals surface area contributed by atoms with Crippen LogP contribution in [0.5, 0.6) is 0 Å². The number of carbonyl (C=O) groups is 1. The van der Waals surface area contributed by atoms with Crippen LogP contribution in [0, 0.1) is 5.82 Å². The van der Waals surface area contributed by atoms with Crippen LogP contribution in [-0.2, 0) is 0 Å². The van der Waals surface area contributed by atoms with E-state index in [0.29, 0.717) is 4.47 Å². The normalized spacial score (nSPS) is 24.2. The molecule has 0 bridgehead atoms. The van der Waals surface area contributed by atoms with Crippen molar-refractivity contribution in [2.75, 3.05) is 6.54 Å². The highest BCUT2D eigenvalue weighted by Gasteiger charge is 2.41. The molecule has 3 nitrogen and oxygen atoms in total. The molecule has 1 spiro atoms. The van der Waals surface area contributed by atoms with Gasteiger partial charge in [-0.2, -0.15) is 0 Å². The Morgan fingerprint density at radius 3 is 2.90 bits per heavy atom. The lowest BCUT2D eigenvalue weighted by atomic mass is 9.70. The molecular weight excluding hydrogens is 323 g/mol. The van der Waals surface area contributed by atoms with E-state index < -0.39 is 5.82 Å². The summed E-state index contributed by atoms with van der Waals surface area (Å²) in [4.78, 5) is 12.2. The van der Waals surface area contributed by atoms with Gasteiger partial charge in [0.2, 0.25) is 0 Å². The molecule has 1 amide bonds. The fourth-order valence-corrected chi connectivity index (χ4v) is 3.54. The van der Waals surface area contributed by atoms with E-state index in [1.807, 2.05) is 0 Å². The first-order valence-corrected chi connectivity index (χ1v) is 7.88. The third kappa shape index (κ3) is 2.74. The lowest BCUT2D eigenvalue weighted by molar-refractivity contribution is 0.0849. The predicted molar refractivity (Wildman–Crippen MR) is 79.2 cm³/mol. The predicted octanol–water partition coefficient (Wildman–Crippen LogP) is 2.99. The Hall–Kier alpha value is -0.940. The highest BCUT2D eigenvalue weighted by molar-refractivity contribution is 9.10. The molecule has 20 heavy (non-hydrogen) atoms. The van der Waals surface area contributed by atoms with Gasteiger partial charge in [-0.25, -0.2) is 4.39 Å². The molecule has 3 rings (SSSR count). The molecule has 1 saturated carbocycles. The molecule has 5 heteroatoms. The number of carbonyl (C=O) groups excluding carboxylic acids is 1. The lowest BCUT2D eigenvalue weighted by Crippen LogP contribution is -2.59. The van der Waals surface area contributed by atoms with Crippen molar-refractivity contribution in [2.24, 2.45) is 0 Å². The Morgan fingerprint density at radius 1 is 1.45 bits per heavy atom. The highest BCUT2D eigenvalue weighted by atomic mass is 79.9. The van der Waals surface area contributed by atoms with E-state index in [1.165, 1.54) is 31.4 Å². The number of hydrogen-bond acceptors (Lipinski definition) is 2. The van der Waals surface area contributed by atoms with Gasteiger partial charge in [-0.3, -0.25) is 4.79 Å². The van der Waals surface area contributed by atoms with Gasteiger partial charge in [-0.05, 0) is 56.8 Å². The number of benzene rings is 1. The Labute approximate surface area is 126 Å². The van der Waals surface area contributed by atoms with Gasteiger partial charge in [-0.15, -0.1) is 0 Å². The molecule has 0 radical (unpaired) electrons. The highest BCUT2D eigenvalue weighted by Crippen LogP contribution is 2.38. The topological polar surface area (TPSA) is 41.1 Å². The van der Waals surface area contributed by atoms with Crippen LogP contribution in [0.25, 0.3) is 0 Å². The van der Waals surface area contributed by atoms with E-state index in [9.17, 15) is 9.18 Å². The Morgan fingerprint density at radius 2 is 2.25 bits per heavy atom. The number of piperidine rings is 1. The van der Waals surface area contributed by atoms with Crippen LogP contribution in [-0.4, -0.2) is 24.0 Å². The van der Waals surface area contributed by atoms with Crippen LogP contribution in [0.3, 0.4) is 0 Å². The third-order valence-electron chi connectivity index (χ3n) is 4.45. The number of rotatable bonds is 2. The second-order valence-electron chi connectivity index (χ2n) is 5.85. The summed E-state index contributed by atoms with van der Waals surface area (Å²) in [5.74, 6) is -0.791. The van der Waals surface area contributed by atoms with Crippen LogP contribution in [0.15, 0.2) is 22.7 Å². The first-order chi connectivity index (χ1) is 9.58. The molecule has 2 N–H and O–H groups in total. The first kappa shape index (κ1) is 14.0. The van der Waals surface area contributed by atoms with Gasteiger partial charge in [0, 0.05) is 16.1 Å². The minimum absolute atomic E-state index is 0.120. The maximum atomic E-state index is 13.8. The molecule has 108 valence electrons. The maximum Gasteiger partial charge on any atom is 0.254 e. The number of halogens is 2. The summed E-state index contributed by atoms with van der Waals surface area (Å²) in [5, 5.41) is 6.55.